The zero-order valence-electron chi connectivity index (χ0n) is 29.0. The van der Waals surface area contributed by atoms with Crippen LogP contribution in [0.25, 0.3) is 0 Å². The molecule has 0 aromatic heterocycles. The van der Waals surface area contributed by atoms with Gasteiger partial charge in [-0.15, -0.1) is 0 Å². The lowest BCUT2D eigenvalue weighted by molar-refractivity contribution is -0.359. The molecule has 2 rings (SSSR count). The topological polar surface area (TPSA) is 228 Å². The average Bonchev–Trinajstić information content (AvgIpc) is 3.08. The van der Waals surface area contributed by atoms with Gasteiger partial charge in [0, 0.05) is 6.42 Å². The third-order valence-electron chi connectivity index (χ3n) is 9.32. The fourth-order valence-corrected chi connectivity index (χ4v) is 6.15. The van der Waals surface area contributed by atoms with Gasteiger partial charge in [-0.05, 0) is 12.8 Å². The van der Waals surface area contributed by atoms with Crippen molar-refractivity contribution in [3.05, 3.63) is 0 Å². The Morgan fingerprint density at radius 3 is 1.75 bits per heavy atom. The molecule has 9 N–H and O–H groups in total. The van der Waals surface area contributed by atoms with E-state index in [-0.39, 0.29) is 18.9 Å². The van der Waals surface area contributed by atoms with Crippen molar-refractivity contribution in [1.29, 1.82) is 0 Å². The van der Waals surface area contributed by atoms with Gasteiger partial charge in [-0.1, -0.05) is 97.3 Å². The molecule has 2 aliphatic rings. The SMILES string of the molecule is CCCCCCCCCCCCCCC(O)C(COC1OC(CO)C(OC2OC(CO)C(O)C(O)C2O)C(O)C1O)NC(=O)CCCC. The Balaban J connectivity index is 1.89. The van der Waals surface area contributed by atoms with Crippen molar-refractivity contribution in [1.82, 2.24) is 5.32 Å². The predicted molar refractivity (Wildman–Crippen MR) is 176 cm³/mol. The number of nitrogens with one attached hydrogen (secondary N) is 1. The maximum Gasteiger partial charge on any atom is 0.220 e. The van der Waals surface area contributed by atoms with Crippen molar-refractivity contribution < 1.29 is 64.6 Å². The third-order valence-corrected chi connectivity index (χ3v) is 9.32. The van der Waals surface area contributed by atoms with Crippen LogP contribution in [0, 0.1) is 0 Å². The molecular weight excluding hydrogens is 630 g/mol. The number of carbonyl (C=O) groups excluding carboxylic acids is 1. The number of ether oxygens (including phenoxy) is 4. The lowest BCUT2D eigenvalue weighted by Gasteiger charge is -2.46. The number of hydrogen-bond acceptors (Lipinski definition) is 13. The molecule has 0 saturated carbocycles. The second-order valence-electron chi connectivity index (χ2n) is 13.4. The summed E-state index contributed by atoms with van der Waals surface area (Å²) in [6.45, 7) is 2.54. The van der Waals surface area contributed by atoms with Gasteiger partial charge in [0.2, 0.25) is 5.91 Å². The monoisotopic (exact) mass is 695 g/mol. The highest BCUT2D eigenvalue weighted by atomic mass is 16.7. The van der Waals surface area contributed by atoms with Gasteiger partial charge in [-0.3, -0.25) is 4.79 Å². The van der Waals surface area contributed by atoms with E-state index in [0.29, 0.717) is 12.8 Å². The van der Waals surface area contributed by atoms with E-state index < -0.39 is 86.8 Å². The van der Waals surface area contributed by atoms with E-state index in [0.717, 1.165) is 32.1 Å². The molecule has 2 fully saturated rings. The van der Waals surface area contributed by atoms with Gasteiger partial charge >= 0.3 is 0 Å². The quantitative estimate of drug-likeness (QED) is 0.0602. The minimum atomic E-state index is -1.77. The first kappa shape index (κ1) is 43.2. The van der Waals surface area contributed by atoms with Crippen LogP contribution in [-0.2, 0) is 23.7 Å². The fraction of sp³-hybridized carbons (Fsp3) is 0.971. The Hall–Kier alpha value is -1.01. The molecule has 284 valence electrons. The van der Waals surface area contributed by atoms with Crippen molar-refractivity contribution in [3.63, 3.8) is 0 Å². The van der Waals surface area contributed by atoms with E-state index in [9.17, 15) is 45.6 Å². The van der Waals surface area contributed by atoms with E-state index in [1.54, 1.807) is 0 Å². The maximum absolute atomic E-state index is 12.6. The smallest absolute Gasteiger partial charge is 0.220 e. The summed E-state index contributed by atoms with van der Waals surface area (Å²) in [5.74, 6) is -0.245. The van der Waals surface area contributed by atoms with Crippen LogP contribution in [0.2, 0.25) is 0 Å². The molecule has 14 nitrogen and oxygen atoms in total. The van der Waals surface area contributed by atoms with E-state index in [1.807, 2.05) is 6.92 Å². The lowest BCUT2D eigenvalue weighted by Crippen LogP contribution is -2.65. The van der Waals surface area contributed by atoms with Gasteiger partial charge in [0.25, 0.3) is 0 Å². The highest BCUT2D eigenvalue weighted by Gasteiger charge is 2.50. The molecule has 0 aliphatic carbocycles. The predicted octanol–water partition coefficient (Wildman–Crippen LogP) is 0.754. The Bertz CT molecular complexity index is 837. The average molecular weight is 696 g/mol. The van der Waals surface area contributed by atoms with Gasteiger partial charge in [0.15, 0.2) is 12.6 Å². The number of carbonyl (C=O) groups is 1. The maximum atomic E-state index is 12.6. The van der Waals surface area contributed by atoms with E-state index in [2.05, 4.69) is 12.2 Å². The van der Waals surface area contributed by atoms with E-state index in [4.69, 9.17) is 18.9 Å². The molecule has 0 aromatic rings. The molecule has 0 bridgehead atoms. The summed E-state index contributed by atoms with van der Waals surface area (Å²) in [5.41, 5.74) is 0. The number of hydrogen-bond donors (Lipinski definition) is 9. The van der Waals surface area contributed by atoms with Crippen LogP contribution in [0.4, 0.5) is 0 Å². The largest absolute Gasteiger partial charge is 0.394 e. The Kier molecular flexibility index (Phi) is 21.8. The zero-order chi connectivity index (χ0) is 35.5. The molecule has 12 unspecified atom stereocenters. The van der Waals surface area contributed by atoms with Crippen LogP contribution in [0.5, 0.6) is 0 Å². The molecule has 12 atom stereocenters. The standard InChI is InChI=1S/C34H65NO13/c1-3-5-7-8-9-10-11-12-13-14-15-16-17-23(38)22(35-26(39)18-6-4-2)21-45-33-31(44)29(42)32(25(20-37)47-33)48-34-30(43)28(41)27(40)24(19-36)46-34/h22-25,27-34,36-38,40-44H,3-21H2,1-2H3,(H,35,39). The first-order valence-electron chi connectivity index (χ1n) is 18.3. The summed E-state index contributed by atoms with van der Waals surface area (Å²) >= 11 is 0. The highest BCUT2D eigenvalue weighted by molar-refractivity contribution is 5.76. The van der Waals surface area contributed by atoms with Crippen molar-refractivity contribution in [2.75, 3.05) is 19.8 Å². The zero-order valence-corrected chi connectivity index (χ0v) is 29.0. The lowest BCUT2D eigenvalue weighted by atomic mass is 9.97. The normalized spacial score (nSPS) is 32.2. The van der Waals surface area contributed by atoms with Gasteiger partial charge < -0.3 is 65.1 Å². The third kappa shape index (κ3) is 14.3. The number of unbranched alkanes of at least 4 members (excludes halogenated alkanes) is 12. The van der Waals surface area contributed by atoms with Crippen LogP contribution < -0.4 is 5.32 Å². The van der Waals surface area contributed by atoms with Crippen LogP contribution in [-0.4, -0.2) is 140 Å². The van der Waals surface area contributed by atoms with Crippen molar-refractivity contribution in [2.45, 2.75) is 190 Å². The molecule has 48 heavy (non-hydrogen) atoms. The molecule has 0 aromatic carbocycles. The summed E-state index contributed by atoms with van der Waals surface area (Å²) in [7, 11) is 0. The molecule has 2 aliphatic heterocycles. The van der Waals surface area contributed by atoms with Crippen LogP contribution in [0.1, 0.15) is 117 Å². The van der Waals surface area contributed by atoms with Crippen molar-refractivity contribution in [2.24, 2.45) is 0 Å². The minimum absolute atomic E-state index is 0.245. The molecule has 0 spiro atoms. The molecule has 2 heterocycles. The van der Waals surface area contributed by atoms with Crippen LogP contribution in [0.15, 0.2) is 0 Å². The first-order valence-corrected chi connectivity index (χ1v) is 18.3. The van der Waals surface area contributed by atoms with E-state index in [1.165, 1.54) is 51.4 Å². The highest BCUT2D eigenvalue weighted by Crippen LogP contribution is 2.30. The summed E-state index contributed by atoms with van der Waals surface area (Å²) in [6, 6.07) is -0.814. The minimum Gasteiger partial charge on any atom is -0.394 e. The summed E-state index contributed by atoms with van der Waals surface area (Å²) in [5, 5.41) is 85.4. The number of aliphatic hydroxyl groups excluding tert-OH is 8. The Morgan fingerprint density at radius 1 is 0.667 bits per heavy atom. The van der Waals surface area contributed by atoms with Crippen molar-refractivity contribution in [3.8, 4) is 0 Å². The summed E-state index contributed by atoms with van der Waals surface area (Å²) < 4.78 is 22.4. The second kappa shape index (κ2) is 24.2. The fourth-order valence-electron chi connectivity index (χ4n) is 6.15. The van der Waals surface area contributed by atoms with E-state index >= 15 is 0 Å². The van der Waals surface area contributed by atoms with Crippen LogP contribution >= 0.6 is 0 Å². The number of aliphatic hydroxyl groups is 8. The molecular formula is C34H65NO13. The van der Waals surface area contributed by atoms with Crippen LogP contribution in [0.3, 0.4) is 0 Å². The first-order chi connectivity index (χ1) is 23.1. The van der Waals surface area contributed by atoms with Gasteiger partial charge in [0.1, 0.15) is 48.8 Å². The molecule has 14 heteroatoms. The molecule has 0 radical (unpaired) electrons. The number of amides is 1. The Labute approximate surface area is 285 Å². The second-order valence-corrected chi connectivity index (χ2v) is 13.4. The molecule has 1 amide bonds. The van der Waals surface area contributed by atoms with Gasteiger partial charge in [-0.25, -0.2) is 0 Å². The Morgan fingerprint density at radius 2 is 1.19 bits per heavy atom. The summed E-state index contributed by atoms with van der Waals surface area (Å²) in [4.78, 5) is 12.6. The summed E-state index contributed by atoms with van der Waals surface area (Å²) in [6.07, 6.45) is -0.206. The van der Waals surface area contributed by atoms with Crippen molar-refractivity contribution >= 4 is 5.91 Å². The number of rotatable bonds is 25. The van der Waals surface area contributed by atoms with Gasteiger partial charge in [-0.2, -0.15) is 0 Å². The molecule has 2 saturated heterocycles. The van der Waals surface area contributed by atoms with Gasteiger partial charge in [0.05, 0.1) is 32.0 Å².